The molecule has 32 heavy (non-hydrogen) atoms. The first-order valence-corrected chi connectivity index (χ1v) is 11.6. The van der Waals surface area contributed by atoms with Gasteiger partial charge in [0.2, 0.25) is 0 Å². The number of aromatic nitrogens is 2. The summed E-state index contributed by atoms with van der Waals surface area (Å²) in [4.78, 5) is 32.6. The van der Waals surface area contributed by atoms with Crippen molar-refractivity contribution in [2.24, 2.45) is 13.0 Å². The molecule has 168 valence electrons. The number of hydrogen-bond acceptors (Lipinski definition) is 5. The number of anilines is 1. The third-order valence-corrected chi connectivity index (χ3v) is 7.25. The van der Waals surface area contributed by atoms with Crippen molar-refractivity contribution in [1.29, 1.82) is 0 Å². The van der Waals surface area contributed by atoms with Crippen LogP contribution in [0.3, 0.4) is 0 Å². The molecule has 0 unspecified atom stereocenters. The van der Waals surface area contributed by atoms with Crippen molar-refractivity contribution in [1.82, 2.24) is 19.6 Å². The molecule has 5 rings (SSSR count). The van der Waals surface area contributed by atoms with Crippen LogP contribution in [0.5, 0.6) is 0 Å². The largest absolute Gasteiger partial charge is 0.368 e. The number of piperazine rings is 1. The Morgan fingerprint density at radius 1 is 1.06 bits per heavy atom. The Bertz CT molecular complexity index is 1060. The molecule has 2 aliphatic heterocycles. The summed E-state index contributed by atoms with van der Waals surface area (Å²) in [5, 5.41) is 4.25. The zero-order valence-corrected chi connectivity index (χ0v) is 19.0. The second kappa shape index (κ2) is 8.54. The SMILES string of the molecule is Cc1c(CN2C(=O)c3cccc(N4CCN(C[C@@H]5CC=CCC5)CC4)c3C2=O)cnn1C. The number of hydrogen-bond donors (Lipinski definition) is 0. The average Bonchev–Trinajstić information content (AvgIpc) is 3.26. The molecule has 0 saturated carbocycles. The smallest absolute Gasteiger partial charge is 0.263 e. The van der Waals surface area contributed by atoms with Crippen LogP contribution in [-0.4, -0.2) is 64.1 Å². The molecule has 3 heterocycles. The number of aryl methyl sites for hydroxylation is 1. The number of fused-ring (bicyclic) bond motifs is 1. The Morgan fingerprint density at radius 3 is 2.56 bits per heavy atom. The highest BCUT2D eigenvalue weighted by atomic mass is 16.2. The second-order valence-electron chi connectivity index (χ2n) is 9.21. The maximum Gasteiger partial charge on any atom is 0.263 e. The number of carbonyl (C=O) groups excluding carboxylic acids is 2. The van der Waals surface area contributed by atoms with E-state index >= 15 is 0 Å². The monoisotopic (exact) mass is 433 g/mol. The van der Waals surface area contributed by atoms with E-state index in [1.165, 1.54) is 24.2 Å². The number of amides is 2. The molecular formula is C25H31N5O2. The summed E-state index contributed by atoms with van der Waals surface area (Å²) in [7, 11) is 1.87. The molecule has 2 aromatic rings. The number of allylic oxidation sites excluding steroid dienone is 2. The summed E-state index contributed by atoms with van der Waals surface area (Å²) in [6.07, 6.45) is 10.0. The van der Waals surface area contributed by atoms with Gasteiger partial charge in [0.05, 0.1) is 29.6 Å². The van der Waals surface area contributed by atoms with Gasteiger partial charge in [0.1, 0.15) is 0 Å². The average molecular weight is 434 g/mol. The highest BCUT2D eigenvalue weighted by molar-refractivity contribution is 6.23. The minimum absolute atomic E-state index is 0.194. The lowest BCUT2D eigenvalue weighted by Crippen LogP contribution is -2.48. The van der Waals surface area contributed by atoms with Gasteiger partial charge >= 0.3 is 0 Å². The molecule has 1 aromatic carbocycles. The van der Waals surface area contributed by atoms with Crippen molar-refractivity contribution < 1.29 is 9.59 Å². The normalized spacial score (nSPS) is 21.5. The van der Waals surface area contributed by atoms with Gasteiger partial charge in [-0.3, -0.25) is 24.1 Å². The minimum atomic E-state index is -0.209. The number of nitrogens with zero attached hydrogens (tertiary/aromatic N) is 5. The molecule has 2 amide bonds. The predicted octanol–water partition coefficient (Wildman–Crippen LogP) is 3.00. The first-order chi connectivity index (χ1) is 15.5. The molecule has 0 spiro atoms. The van der Waals surface area contributed by atoms with E-state index < -0.39 is 0 Å². The van der Waals surface area contributed by atoms with E-state index in [-0.39, 0.29) is 18.4 Å². The Hall–Kier alpha value is -2.93. The zero-order chi connectivity index (χ0) is 22.2. The molecule has 1 saturated heterocycles. The third-order valence-electron chi connectivity index (χ3n) is 7.25. The molecule has 1 aromatic heterocycles. The minimum Gasteiger partial charge on any atom is -0.368 e. The third kappa shape index (κ3) is 3.75. The van der Waals surface area contributed by atoms with Gasteiger partial charge in [-0.25, -0.2) is 0 Å². The molecule has 1 fully saturated rings. The fourth-order valence-corrected chi connectivity index (χ4v) is 5.15. The molecule has 7 heteroatoms. The van der Waals surface area contributed by atoms with E-state index in [0.29, 0.717) is 11.1 Å². The zero-order valence-electron chi connectivity index (χ0n) is 19.0. The van der Waals surface area contributed by atoms with Crippen LogP contribution in [0, 0.1) is 12.8 Å². The molecule has 7 nitrogen and oxygen atoms in total. The Morgan fingerprint density at radius 2 is 1.88 bits per heavy atom. The van der Waals surface area contributed by atoms with Gasteiger partial charge in [-0.05, 0) is 44.2 Å². The van der Waals surface area contributed by atoms with Crippen LogP contribution in [0.4, 0.5) is 5.69 Å². The van der Waals surface area contributed by atoms with Gasteiger partial charge in [-0.15, -0.1) is 0 Å². The highest BCUT2D eigenvalue weighted by Gasteiger charge is 2.39. The molecule has 3 aliphatic rings. The number of benzene rings is 1. The fraction of sp³-hybridized carbons (Fsp3) is 0.480. The van der Waals surface area contributed by atoms with Crippen molar-refractivity contribution >= 4 is 17.5 Å². The van der Waals surface area contributed by atoms with Crippen LogP contribution in [0.2, 0.25) is 0 Å². The van der Waals surface area contributed by atoms with Gasteiger partial charge < -0.3 is 4.90 Å². The van der Waals surface area contributed by atoms with Gasteiger partial charge in [-0.1, -0.05) is 18.2 Å². The molecule has 0 N–H and O–H groups in total. The first-order valence-electron chi connectivity index (χ1n) is 11.6. The molecule has 0 bridgehead atoms. The fourth-order valence-electron chi connectivity index (χ4n) is 5.15. The quantitative estimate of drug-likeness (QED) is 0.536. The summed E-state index contributed by atoms with van der Waals surface area (Å²) in [5.41, 5.74) is 3.84. The summed E-state index contributed by atoms with van der Waals surface area (Å²) in [6.45, 7) is 7.10. The van der Waals surface area contributed by atoms with Crippen LogP contribution in [-0.2, 0) is 13.6 Å². The van der Waals surface area contributed by atoms with Crippen molar-refractivity contribution in [3.63, 3.8) is 0 Å². The van der Waals surface area contributed by atoms with Crippen LogP contribution in [0.15, 0.2) is 36.5 Å². The Balaban J connectivity index is 1.30. The van der Waals surface area contributed by atoms with Crippen molar-refractivity contribution in [2.45, 2.75) is 32.7 Å². The van der Waals surface area contributed by atoms with Crippen molar-refractivity contribution in [3.8, 4) is 0 Å². The standard InChI is InChI=1S/C25H31N5O2/c1-18-20(15-26-27(18)2)17-30-24(31)21-9-6-10-22(23(21)25(30)32)29-13-11-28(12-14-29)16-19-7-4-3-5-8-19/h3-4,6,9-10,15,19H,5,7-8,11-14,16-17H2,1-2H3/t19-/m1/s1. The second-order valence-corrected chi connectivity index (χ2v) is 9.21. The van der Waals surface area contributed by atoms with Crippen LogP contribution in [0.1, 0.15) is 51.2 Å². The topological polar surface area (TPSA) is 61.7 Å². The predicted molar refractivity (Wildman–Crippen MR) is 124 cm³/mol. The van der Waals surface area contributed by atoms with Crippen molar-refractivity contribution in [2.75, 3.05) is 37.6 Å². The Labute approximate surface area is 189 Å². The van der Waals surface area contributed by atoms with E-state index in [9.17, 15) is 9.59 Å². The van der Waals surface area contributed by atoms with E-state index in [4.69, 9.17) is 0 Å². The molecule has 1 atom stereocenters. The summed E-state index contributed by atoms with van der Waals surface area (Å²) in [5.74, 6) is 0.357. The van der Waals surface area contributed by atoms with Crippen LogP contribution in [0.25, 0.3) is 0 Å². The van der Waals surface area contributed by atoms with E-state index in [1.807, 2.05) is 26.1 Å². The number of rotatable bonds is 5. The Kier molecular flexibility index (Phi) is 5.59. The molecular weight excluding hydrogens is 402 g/mol. The summed E-state index contributed by atoms with van der Waals surface area (Å²) >= 11 is 0. The maximum atomic E-state index is 13.4. The number of carbonyl (C=O) groups is 2. The summed E-state index contributed by atoms with van der Waals surface area (Å²) in [6, 6.07) is 5.67. The number of imide groups is 1. The van der Waals surface area contributed by atoms with Crippen LogP contribution < -0.4 is 4.90 Å². The van der Waals surface area contributed by atoms with Gasteiger partial charge in [0, 0.05) is 51.0 Å². The lowest BCUT2D eigenvalue weighted by atomic mass is 9.94. The van der Waals surface area contributed by atoms with Gasteiger partial charge in [-0.2, -0.15) is 5.10 Å². The first kappa shape index (κ1) is 20.9. The molecule has 0 radical (unpaired) electrons. The highest BCUT2D eigenvalue weighted by Crippen LogP contribution is 2.33. The van der Waals surface area contributed by atoms with E-state index in [2.05, 4.69) is 27.1 Å². The van der Waals surface area contributed by atoms with Crippen molar-refractivity contribution in [3.05, 3.63) is 58.9 Å². The van der Waals surface area contributed by atoms with Crippen LogP contribution >= 0.6 is 0 Å². The lowest BCUT2D eigenvalue weighted by molar-refractivity contribution is 0.0642. The van der Waals surface area contributed by atoms with E-state index in [0.717, 1.165) is 55.6 Å². The maximum absolute atomic E-state index is 13.4. The van der Waals surface area contributed by atoms with Gasteiger partial charge in [0.15, 0.2) is 0 Å². The lowest BCUT2D eigenvalue weighted by Gasteiger charge is -2.38. The molecule has 1 aliphatic carbocycles. The van der Waals surface area contributed by atoms with Gasteiger partial charge in [0.25, 0.3) is 11.8 Å². The van der Waals surface area contributed by atoms with E-state index in [1.54, 1.807) is 16.9 Å². The summed E-state index contributed by atoms with van der Waals surface area (Å²) < 4.78 is 1.77.